The maximum absolute atomic E-state index is 12.6. The van der Waals surface area contributed by atoms with Crippen LogP contribution in [0, 0.1) is 6.92 Å². The number of nitrogens with zero attached hydrogens (tertiary/aromatic N) is 4. The van der Waals surface area contributed by atoms with Crippen LogP contribution in [0.2, 0.25) is 0 Å². The highest BCUT2D eigenvalue weighted by atomic mass is 16.5. The first kappa shape index (κ1) is 17.8. The molecule has 8 nitrogen and oxygen atoms in total. The Labute approximate surface area is 150 Å². The van der Waals surface area contributed by atoms with Crippen LogP contribution in [0.3, 0.4) is 0 Å². The molecule has 2 heterocycles. The fourth-order valence-corrected chi connectivity index (χ4v) is 2.98. The second-order valence-electron chi connectivity index (χ2n) is 6.05. The molecule has 2 aromatic heterocycles. The van der Waals surface area contributed by atoms with Crippen molar-refractivity contribution in [3.63, 3.8) is 0 Å². The van der Waals surface area contributed by atoms with E-state index in [-0.39, 0.29) is 24.1 Å². The van der Waals surface area contributed by atoms with Crippen molar-refractivity contribution in [1.82, 2.24) is 24.9 Å². The number of aromatic nitrogens is 4. The first-order valence-electron chi connectivity index (χ1n) is 8.24. The van der Waals surface area contributed by atoms with Crippen LogP contribution in [0.5, 0.6) is 0 Å². The molecular formula is C18H21N5O3. The summed E-state index contributed by atoms with van der Waals surface area (Å²) in [5.74, 6) is -0.322. The van der Waals surface area contributed by atoms with Gasteiger partial charge in [-0.3, -0.25) is 14.3 Å². The zero-order chi connectivity index (χ0) is 18.7. The largest absolute Gasteiger partial charge is 0.382 e. The number of ether oxygens (including phenoxy) is 1. The summed E-state index contributed by atoms with van der Waals surface area (Å²) in [7, 11) is 3.36. The van der Waals surface area contributed by atoms with Crippen LogP contribution in [0.1, 0.15) is 17.4 Å². The predicted octanol–water partition coefficient (Wildman–Crippen LogP) is 0.942. The van der Waals surface area contributed by atoms with Crippen molar-refractivity contribution in [2.45, 2.75) is 19.5 Å². The van der Waals surface area contributed by atoms with Crippen LogP contribution in [0.25, 0.3) is 10.8 Å². The van der Waals surface area contributed by atoms with Crippen molar-refractivity contribution in [3.8, 4) is 0 Å². The maximum atomic E-state index is 12.6. The summed E-state index contributed by atoms with van der Waals surface area (Å²) in [6.07, 6.45) is 1.66. The monoisotopic (exact) mass is 355 g/mol. The molecule has 0 saturated heterocycles. The Morgan fingerprint density at radius 3 is 2.65 bits per heavy atom. The van der Waals surface area contributed by atoms with Gasteiger partial charge >= 0.3 is 0 Å². The highest BCUT2D eigenvalue weighted by Gasteiger charge is 2.19. The summed E-state index contributed by atoms with van der Waals surface area (Å²) in [5.41, 5.74) is 1.23. The summed E-state index contributed by atoms with van der Waals surface area (Å²) in [6, 6.07) is 8.69. The minimum Gasteiger partial charge on any atom is -0.382 e. The first-order chi connectivity index (χ1) is 12.5. The highest BCUT2D eigenvalue weighted by Crippen LogP contribution is 2.13. The van der Waals surface area contributed by atoms with Crippen molar-refractivity contribution >= 4 is 16.7 Å². The van der Waals surface area contributed by atoms with E-state index in [4.69, 9.17) is 4.74 Å². The van der Waals surface area contributed by atoms with Gasteiger partial charge in [-0.05, 0) is 19.1 Å². The van der Waals surface area contributed by atoms with E-state index in [1.165, 1.54) is 4.68 Å². The number of carbonyl (C=O) groups is 1. The molecule has 3 aromatic rings. The molecule has 1 amide bonds. The number of fused-ring (bicyclic) bond motifs is 1. The van der Waals surface area contributed by atoms with Crippen molar-refractivity contribution in [2.75, 3.05) is 13.7 Å². The average Bonchev–Trinajstić information content (AvgIpc) is 3.05. The Hall–Kier alpha value is -3.00. The van der Waals surface area contributed by atoms with E-state index in [2.05, 4.69) is 15.5 Å². The van der Waals surface area contributed by atoms with E-state index in [0.29, 0.717) is 17.7 Å². The molecular weight excluding hydrogens is 334 g/mol. The molecule has 26 heavy (non-hydrogen) atoms. The van der Waals surface area contributed by atoms with Gasteiger partial charge in [-0.1, -0.05) is 18.2 Å². The van der Waals surface area contributed by atoms with Crippen molar-refractivity contribution < 1.29 is 9.53 Å². The quantitative estimate of drug-likeness (QED) is 0.711. The van der Waals surface area contributed by atoms with Crippen molar-refractivity contribution in [1.29, 1.82) is 0 Å². The van der Waals surface area contributed by atoms with E-state index < -0.39 is 0 Å². The molecule has 0 radical (unpaired) electrons. The molecule has 1 aromatic carbocycles. The van der Waals surface area contributed by atoms with Crippen LogP contribution >= 0.6 is 0 Å². The highest BCUT2D eigenvalue weighted by molar-refractivity contribution is 5.83. The van der Waals surface area contributed by atoms with Crippen LogP contribution in [0.4, 0.5) is 0 Å². The van der Waals surface area contributed by atoms with E-state index in [1.54, 1.807) is 37.2 Å². The molecule has 0 aliphatic carbocycles. The number of aryl methyl sites for hydroxylation is 2. The van der Waals surface area contributed by atoms with Gasteiger partial charge in [0.25, 0.3) is 5.56 Å². The molecule has 1 N–H and O–H groups in total. The van der Waals surface area contributed by atoms with Gasteiger partial charge in [-0.15, -0.1) is 0 Å². The van der Waals surface area contributed by atoms with E-state index in [0.717, 1.165) is 11.1 Å². The van der Waals surface area contributed by atoms with Gasteiger partial charge in [0.15, 0.2) is 0 Å². The Morgan fingerprint density at radius 2 is 2.00 bits per heavy atom. The van der Waals surface area contributed by atoms with Gasteiger partial charge in [-0.2, -0.15) is 10.2 Å². The fourth-order valence-electron chi connectivity index (χ4n) is 2.98. The third-order valence-electron chi connectivity index (χ3n) is 4.23. The molecule has 0 aliphatic rings. The molecule has 0 aliphatic heterocycles. The van der Waals surface area contributed by atoms with E-state index in [1.807, 2.05) is 25.1 Å². The number of nitrogens with one attached hydrogen (secondary N) is 1. The van der Waals surface area contributed by atoms with Gasteiger partial charge in [0.1, 0.15) is 6.54 Å². The van der Waals surface area contributed by atoms with Gasteiger partial charge in [-0.25, -0.2) is 4.68 Å². The molecule has 1 unspecified atom stereocenters. The number of carbonyl (C=O) groups excluding carboxylic acids is 1. The van der Waals surface area contributed by atoms with Crippen molar-refractivity contribution in [2.24, 2.45) is 7.05 Å². The molecule has 136 valence electrons. The third kappa shape index (κ3) is 3.50. The normalized spacial score (nSPS) is 12.3. The van der Waals surface area contributed by atoms with Gasteiger partial charge in [0.2, 0.25) is 5.91 Å². The Balaban J connectivity index is 1.83. The molecule has 0 fully saturated rings. The van der Waals surface area contributed by atoms with Gasteiger partial charge in [0.05, 0.1) is 29.4 Å². The summed E-state index contributed by atoms with van der Waals surface area (Å²) in [6.45, 7) is 1.95. The molecule has 0 saturated carbocycles. The maximum Gasteiger partial charge on any atom is 0.275 e. The minimum absolute atomic E-state index is 0.164. The predicted molar refractivity (Wildman–Crippen MR) is 96.7 cm³/mol. The van der Waals surface area contributed by atoms with Crippen LogP contribution in [-0.4, -0.2) is 39.2 Å². The topological polar surface area (TPSA) is 91.0 Å². The SMILES string of the molecule is COCC(NC(=O)Cn1nc(C)c2ccccc2c1=O)c1ccnn1C. The van der Waals surface area contributed by atoms with Crippen LogP contribution < -0.4 is 10.9 Å². The smallest absolute Gasteiger partial charge is 0.275 e. The number of hydrogen-bond acceptors (Lipinski definition) is 5. The molecule has 3 rings (SSSR count). The summed E-state index contributed by atoms with van der Waals surface area (Å²) < 4.78 is 8.06. The summed E-state index contributed by atoms with van der Waals surface area (Å²) in [4.78, 5) is 25.1. The molecule has 0 spiro atoms. The fraction of sp³-hybridized carbons (Fsp3) is 0.333. The van der Waals surface area contributed by atoms with Crippen molar-refractivity contribution in [3.05, 3.63) is 58.3 Å². The van der Waals surface area contributed by atoms with E-state index in [9.17, 15) is 9.59 Å². The number of hydrogen-bond donors (Lipinski definition) is 1. The molecule has 0 bridgehead atoms. The number of amides is 1. The lowest BCUT2D eigenvalue weighted by Crippen LogP contribution is -2.38. The summed E-state index contributed by atoms with van der Waals surface area (Å²) >= 11 is 0. The van der Waals surface area contributed by atoms with Crippen LogP contribution in [-0.2, 0) is 23.1 Å². The second kappa shape index (κ2) is 7.49. The standard InChI is InChI=1S/C18H21N5O3/c1-12-13-6-4-5-7-14(13)18(25)23(21-12)10-17(24)20-15(11-26-3)16-8-9-19-22(16)2/h4-9,15H,10-11H2,1-3H3,(H,20,24). The first-order valence-corrected chi connectivity index (χ1v) is 8.24. The molecule has 8 heteroatoms. The minimum atomic E-state index is -0.364. The third-order valence-corrected chi connectivity index (χ3v) is 4.23. The number of benzene rings is 1. The Bertz CT molecular complexity index is 992. The number of rotatable bonds is 6. The Morgan fingerprint density at radius 1 is 1.27 bits per heavy atom. The van der Waals surface area contributed by atoms with Gasteiger partial charge < -0.3 is 10.1 Å². The van der Waals surface area contributed by atoms with Gasteiger partial charge in [0, 0.05) is 25.7 Å². The zero-order valence-electron chi connectivity index (χ0n) is 15.0. The summed E-state index contributed by atoms with van der Waals surface area (Å²) in [5, 5.41) is 12.6. The number of methoxy groups -OCH3 is 1. The Kier molecular flexibility index (Phi) is 5.13. The average molecular weight is 355 g/mol. The zero-order valence-corrected chi connectivity index (χ0v) is 15.0. The lowest BCUT2D eigenvalue weighted by molar-refractivity contribution is -0.123. The lowest BCUT2D eigenvalue weighted by Gasteiger charge is -2.18. The second-order valence-corrected chi connectivity index (χ2v) is 6.05. The lowest BCUT2D eigenvalue weighted by atomic mass is 10.1. The molecule has 1 atom stereocenters. The van der Waals surface area contributed by atoms with E-state index >= 15 is 0 Å². The van der Waals surface area contributed by atoms with Crippen LogP contribution in [0.15, 0.2) is 41.3 Å².